The number of rotatable bonds is 3. The fraction of sp³-hybridized carbons (Fsp3) is 0.294. The Morgan fingerprint density at radius 2 is 1.65 bits per heavy atom. The van der Waals surface area contributed by atoms with E-state index in [0.717, 1.165) is 5.69 Å². The van der Waals surface area contributed by atoms with Gasteiger partial charge in [0, 0.05) is 17.8 Å². The standard InChI is InChI=1S/C17H21NO2/c1-17(2,3)13-8-4-5-9-14(13)18-11-12-7-6-10-15(19)16(12)20/h4-10,18-20H,11H2,1-3H3. The molecular weight excluding hydrogens is 250 g/mol. The first-order valence-electron chi connectivity index (χ1n) is 6.73. The van der Waals surface area contributed by atoms with E-state index in [2.05, 4.69) is 32.2 Å². The zero-order valence-electron chi connectivity index (χ0n) is 12.1. The van der Waals surface area contributed by atoms with Crippen molar-refractivity contribution in [2.24, 2.45) is 0 Å². The third-order valence-electron chi connectivity index (χ3n) is 3.30. The molecule has 0 radical (unpaired) electrons. The van der Waals surface area contributed by atoms with E-state index < -0.39 is 0 Å². The highest BCUT2D eigenvalue weighted by molar-refractivity contribution is 5.55. The monoisotopic (exact) mass is 271 g/mol. The molecular formula is C17H21NO2. The van der Waals surface area contributed by atoms with Gasteiger partial charge >= 0.3 is 0 Å². The molecule has 3 nitrogen and oxygen atoms in total. The van der Waals surface area contributed by atoms with E-state index in [1.54, 1.807) is 12.1 Å². The van der Waals surface area contributed by atoms with Gasteiger partial charge in [0.05, 0.1) is 0 Å². The maximum Gasteiger partial charge on any atom is 0.162 e. The Kier molecular flexibility index (Phi) is 3.89. The summed E-state index contributed by atoms with van der Waals surface area (Å²) in [5, 5.41) is 22.7. The van der Waals surface area contributed by atoms with Crippen molar-refractivity contribution in [3.05, 3.63) is 53.6 Å². The molecule has 20 heavy (non-hydrogen) atoms. The summed E-state index contributed by atoms with van der Waals surface area (Å²) in [7, 11) is 0. The maximum atomic E-state index is 9.81. The topological polar surface area (TPSA) is 52.5 Å². The van der Waals surface area contributed by atoms with Crippen LogP contribution in [0.2, 0.25) is 0 Å². The van der Waals surface area contributed by atoms with E-state index in [9.17, 15) is 10.2 Å². The molecule has 0 aliphatic rings. The van der Waals surface area contributed by atoms with Crippen molar-refractivity contribution in [3.8, 4) is 11.5 Å². The van der Waals surface area contributed by atoms with Crippen LogP contribution in [0.4, 0.5) is 5.69 Å². The number of nitrogens with one attached hydrogen (secondary N) is 1. The van der Waals surface area contributed by atoms with Gasteiger partial charge in [-0.3, -0.25) is 0 Å². The molecule has 3 N–H and O–H groups in total. The number of phenolic OH excluding ortho intramolecular Hbond substituents is 2. The Bertz CT molecular complexity index is 600. The summed E-state index contributed by atoms with van der Waals surface area (Å²) >= 11 is 0. The summed E-state index contributed by atoms with van der Waals surface area (Å²) in [6.07, 6.45) is 0. The number of phenols is 2. The molecule has 2 rings (SSSR count). The number of anilines is 1. The Hall–Kier alpha value is -2.16. The highest BCUT2D eigenvalue weighted by atomic mass is 16.3. The molecule has 106 valence electrons. The van der Waals surface area contributed by atoms with Gasteiger partial charge in [-0.1, -0.05) is 51.1 Å². The predicted molar refractivity (Wildman–Crippen MR) is 82.2 cm³/mol. The van der Waals surface area contributed by atoms with E-state index in [1.165, 1.54) is 11.6 Å². The van der Waals surface area contributed by atoms with Gasteiger partial charge in [0.15, 0.2) is 11.5 Å². The minimum Gasteiger partial charge on any atom is -0.504 e. The van der Waals surface area contributed by atoms with Gasteiger partial charge in [0.1, 0.15) is 0 Å². The third kappa shape index (κ3) is 3.05. The lowest BCUT2D eigenvalue weighted by Gasteiger charge is -2.23. The molecule has 0 unspecified atom stereocenters. The van der Waals surface area contributed by atoms with Gasteiger partial charge in [0.2, 0.25) is 0 Å². The summed E-state index contributed by atoms with van der Waals surface area (Å²) in [4.78, 5) is 0. The summed E-state index contributed by atoms with van der Waals surface area (Å²) in [6.45, 7) is 6.96. The van der Waals surface area contributed by atoms with Gasteiger partial charge in [-0.05, 0) is 23.1 Å². The number of aromatic hydroxyl groups is 2. The van der Waals surface area contributed by atoms with Crippen LogP contribution in [0.15, 0.2) is 42.5 Å². The van der Waals surface area contributed by atoms with Crippen LogP contribution in [0.1, 0.15) is 31.9 Å². The molecule has 2 aromatic rings. The molecule has 0 heterocycles. The van der Waals surface area contributed by atoms with Gasteiger partial charge in [-0.2, -0.15) is 0 Å². The molecule has 0 amide bonds. The van der Waals surface area contributed by atoms with Crippen LogP contribution in [-0.4, -0.2) is 10.2 Å². The van der Waals surface area contributed by atoms with Crippen LogP contribution in [0.25, 0.3) is 0 Å². The number of hydrogen-bond donors (Lipinski definition) is 3. The van der Waals surface area contributed by atoms with Gasteiger partial charge in [-0.25, -0.2) is 0 Å². The van der Waals surface area contributed by atoms with Gasteiger partial charge in [0.25, 0.3) is 0 Å². The normalized spacial score (nSPS) is 11.3. The van der Waals surface area contributed by atoms with Crippen LogP contribution in [0.5, 0.6) is 11.5 Å². The molecule has 0 aliphatic carbocycles. The molecule has 0 spiro atoms. The van der Waals surface area contributed by atoms with Crippen LogP contribution in [-0.2, 0) is 12.0 Å². The van der Waals surface area contributed by atoms with Gasteiger partial charge < -0.3 is 15.5 Å². The lowest BCUT2D eigenvalue weighted by Crippen LogP contribution is -2.14. The van der Waals surface area contributed by atoms with Crippen molar-refractivity contribution < 1.29 is 10.2 Å². The lowest BCUT2D eigenvalue weighted by molar-refractivity contribution is 0.400. The van der Waals surface area contributed by atoms with E-state index in [1.807, 2.05) is 18.2 Å². The minimum atomic E-state index is -0.0894. The first-order chi connectivity index (χ1) is 9.39. The number of hydrogen-bond acceptors (Lipinski definition) is 3. The van der Waals surface area contributed by atoms with Crippen molar-refractivity contribution in [3.63, 3.8) is 0 Å². The minimum absolute atomic E-state index is 0.0461. The van der Waals surface area contributed by atoms with Crippen molar-refractivity contribution in [2.75, 3.05) is 5.32 Å². The second-order valence-electron chi connectivity index (χ2n) is 5.93. The van der Waals surface area contributed by atoms with E-state index in [4.69, 9.17) is 0 Å². The molecule has 0 aromatic heterocycles. The molecule has 0 saturated carbocycles. The van der Waals surface area contributed by atoms with Crippen LogP contribution in [0, 0.1) is 0 Å². The first-order valence-corrected chi connectivity index (χ1v) is 6.73. The summed E-state index contributed by atoms with van der Waals surface area (Å²) < 4.78 is 0. The zero-order chi connectivity index (χ0) is 14.8. The maximum absolute atomic E-state index is 9.81. The molecule has 0 bridgehead atoms. The third-order valence-corrected chi connectivity index (χ3v) is 3.30. The van der Waals surface area contributed by atoms with Gasteiger partial charge in [-0.15, -0.1) is 0 Å². The fourth-order valence-corrected chi connectivity index (χ4v) is 2.20. The average Bonchev–Trinajstić information content (AvgIpc) is 2.40. The molecule has 0 atom stereocenters. The second kappa shape index (κ2) is 5.45. The van der Waals surface area contributed by atoms with E-state index >= 15 is 0 Å². The van der Waals surface area contributed by atoms with Crippen molar-refractivity contribution in [2.45, 2.75) is 32.7 Å². The summed E-state index contributed by atoms with van der Waals surface area (Å²) in [5.74, 6) is -0.151. The molecule has 3 heteroatoms. The molecule has 0 aliphatic heterocycles. The van der Waals surface area contributed by atoms with E-state index in [-0.39, 0.29) is 16.9 Å². The fourth-order valence-electron chi connectivity index (χ4n) is 2.20. The predicted octanol–water partition coefficient (Wildman–Crippen LogP) is 4.01. The SMILES string of the molecule is CC(C)(C)c1ccccc1NCc1cccc(O)c1O. The molecule has 0 fully saturated rings. The second-order valence-corrected chi connectivity index (χ2v) is 5.93. The Morgan fingerprint density at radius 1 is 0.950 bits per heavy atom. The highest BCUT2D eigenvalue weighted by Crippen LogP contribution is 2.32. The van der Waals surface area contributed by atoms with Crippen LogP contribution in [0.3, 0.4) is 0 Å². The molecule has 2 aromatic carbocycles. The highest BCUT2D eigenvalue weighted by Gasteiger charge is 2.17. The largest absolute Gasteiger partial charge is 0.504 e. The lowest BCUT2D eigenvalue weighted by atomic mass is 9.86. The summed E-state index contributed by atoms with van der Waals surface area (Å²) in [6, 6.07) is 13.1. The summed E-state index contributed by atoms with van der Waals surface area (Å²) in [5.41, 5.74) is 2.99. The van der Waals surface area contributed by atoms with Crippen molar-refractivity contribution in [1.82, 2.24) is 0 Å². The molecule has 0 saturated heterocycles. The number of benzene rings is 2. The van der Waals surface area contributed by atoms with Crippen molar-refractivity contribution in [1.29, 1.82) is 0 Å². The van der Waals surface area contributed by atoms with Crippen LogP contribution >= 0.6 is 0 Å². The van der Waals surface area contributed by atoms with Crippen LogP contribution < -0.4 is 5.32 Å². The Labute approximate surface area is 119 Å². The Morgan fingerprint density at radius 3 is 2.35 bits per heavy atom. The zero-order valence-corrected chi connectivity index (χ0v) is 12.1. The smallest absolute Gasteiger partial charge is 0.162 e. The average molecular weight is 271 g/mol. The van der Waals surface area contributed by atoms with E-state index in [0.29, 0.717) is 12.1 Å². The quantitative estimate of drug-likeness (QED) is 0.739. The van der Waals surface area contributed by atoms with Crippen molar-refractivity contribution >= 4 is 5.69 Å². The first kappa shape index (κ1) is 14.3. The number of para-hydroxylation sites is 2. The Balaban J connectivity index is 2.22.